The smallest absolute Gasteiger partial charge is 0.224 e. The summed E-state index contributed by atoms with van der Waals surface area (Å²) in [5, 5.41) is 3.91. The van der Waals surface area contributed by atoms with Gasteiger partial charge in [-0.2, -0.15) is 0 Å². The molecule has 1 aromatic rings. The second kappa shape index (κ2) is 6.83. The number of aryl methyl sites for hydroxylation is 2. The molecular weight excluding hydrogens is 230 g/mol. The molecule has 0 saturated carbocycles. The molecule has 18 heavy (non-hydrogen) atoms. The van der Waals surface area contributed by atoms with E-state index in [9.17, 15) is 0 Å². The molecular formula is C13H21N3O2. The lowest BCUT2D eigenvalue weighted by Gasteiger charge is -2.11. The van der Waals surface area contributed by atoms with Crippen LogP contribution in [0.4, 0.5) is 0 Å². The molecule has 1 heterocycles. The van der Waals surface area contributed by atoms with Crippen LogP contribution in [-0.4, -0.2) is 24.5 Å². The third-order valence-corrected chi connectivity index (χ3v) is 2.51. The van der Waals surface area contributed by atoms with E-state index < -0.39 is 0 Å². The Hall–Kier alpha value is -1.78. The highest BCUT2D eigenvalue weighted by molar-refractivity contribution is 6.00. The van der Waals surface area contributed by atoms with Crippen molar-refractivity contribution in [2.75, 3.05) is 13.7 Å². The first kappa shape index (κ1) is 14.3. The number of nitrogens with two attached hydrogens (primary N) is 1. The zero-order valence-electron chi connectivity index (χ0n) is 11.5. The summed E-state index contributed by atoms with van der Waals surface area (Å²) in [6, 6.07) is 1.94. The van der Waals surface area contributed by atoms with Crippen molar-refractivity contribution in [3.63, 3.8) is 0 Å². The van der Waals surface area contributed by atoms with Crippen LogP contribution in [-0.2, 0) is 4.84 Å². The molecule has 5 nitrogen and oxygen atoms in total. The number of nitrogens with zero attached hydrogens (tertiary/aromatic N) is 2. The van der Waals surface area contributed by atoms with Crippen LogP contribution in [0.3, 0.4) is 0 Å². The fourth-order valence-electron chi connectivity index (χ4n) is 1.63. The maximum absolute atomic E-state index is 5.91. The van der Waals surface area contributed by atoms with Crippen LogP contribution >= 0.6 is 0 Å². The van der Waals surface area contributed by atoms with Crippen molar-refractivity contribution in [2.24, 2.45) is 10.9 Å². The van der Waals surface area contributed by atoms with Crippen LogP contribution in [0.5, 0.6) is 5.88 Å². The van der Waals surface area contributed by atoms with Gasteiger partial charge in [-0.1, -0.05) is 18.5 Å². The highest BCUT2D eigenvalue weighted by Gasteiger charge is 2.13. The first-order valence-electron chi connectivity index (χ1n) is 6.08. The maximum Gasteiger partial charge on any atom is 0.224 e. The summed E-state index contributed by atoms with van der Waals surface area (Å²) in [5.41, 5.74) is 8.46. The summed E-state index contributed by atoms with van der Waals surface area (Å²) in [7, 11) is 1.57. The van der Waals surface area contributed by atoms with Crippen molar-refractivity contribution in [2.45, 2.75) is 33.6 Å². The van der Waals surface area contributed by atoms with E-state index in [-0.39, 0.29) is 0 Å². The summed E-state index contributed by atoms with van der Waals surface area (Å²) in [4.78, 5) is 9.43. The van der Waals surface area contributed by atoms with Crippen molar-refractivity contribution in [1.29, 1.82) is 0 Å². The minimum absolute atomic E-state index is 0.299. The average Bonchev–Trinajstić information content (AvgIpc) is 2.33. The Morgan fingerprint density at radius 2 is 2.17 bits per heavy atom. The summed E-state index contributed by atoms with van der Waals surface area (Å²) in [6.45, 7) is 6.51. The molecule has 0 aromatic carbocycles. The largest absolute Gasteiger partial charge is 0.480 e. The number of hydrogen-bond donors (Lipinski definition) is 1. The molecule has 0 fully saturated rings. The lowest BCUT2D eigenvalue weighted by atomic mass is 10.1. The fraction of sp³-hybridized carbons (Fsp3) is 0.538. The van der Waals surface area contributed by atoms with E-state index >= 15 is 0 Å². The molecule has 5 heteroatoms. The van der Waals surface area contributed by atoms with E-state index in [4.69, 9.17) is 15.3 Å². The number of pyridine rings is 1. The van der Waals surface area contributed by atoms with E-state index in [1.165, 1.54) is 0 Å². The molecule has 0 spiro atoms. The highest BCUT2D eigenvalue weighted by atomic mass is 16.6. The van der Waals surface area contributed by atoms with Gasteiger partial charge in [0.2, 0.25) is 5.88 Å². The van der Waals surface area contributed by atoms with Crippen LogP contribution in [0.2, 0.25) is 0 Å². The second-order valence-electron chi connectivity index (χ2n) is 4.13. The highest BCUT2D eigenvalue weighted by Crippen LogP contribution is 2.20. The molecule has 0 amide bonds. The molecule has 0 atom stereocenters. The van der Waals surface area contributed by atoms with Crippen LogP contribution in [0, 0.1) is 13.8 Å². The normalized spacial score (nSPS) is 11.4. The molecule has 0 aliphatic heterocycles. The number of hydrogen-bond acceptors (Lipinski definition) is 4. The van der Waals surface area contributed by atoms with Gasteiger partial charge in [0.15, 0.2) is 5.84 Å². The zero-order chi connectivity index (χ0) is 13.5. The first-order chi connectivity index (χ1) is 8.60. The van der Waals surface area contributed by atoms with Gasteiger partial charge < -0.3 is 15.3 Å². The molecule has 100 valence electrons. The van der Waals surface area contributed by atoms with E-state index in [1.807, 2.05) is 19.9 Å². The van der Waals surface area contributed by atoms with Crippen molar-refractivity contribution >= 4 is 5.84 Å². The Labute approximate surface area is 108 Å². The van der Waals surface area contributed by atoms with Crippen molar-refractivity contribution < 1.29 is 9.57 Å². The summed E-state index contributed by atoms with van der Waals surface area (Å²) < 4.78 is 5.23. The Bertz CT molecular complexity index is 430. The predicted molar refractivity (Wildman–Crippen MR) is 71.8 cm³/mol. The Morgan fingerprint density at radius 1 is 1.44 bits per heavy atom. The van der Waals surface area contributed by atoms with Gasteiger partial charge >= 0.3 is 0 Å². The van der Waals surface area contributed by atoms with Gasteiger partial charge in [-0.15, -0.1) is 0 Å². The number of amidine groups is 1. The third kappa shape index (κ3) is 3.61. The van der Waals surface area contributed by atoms with E-state index in [2.05, 4.69) is 17.1 Å². The molecule has 0 bridgehead atoms. The predicted octanol–water partition coefficient (Wildman–Crippen LogP) is 2.14. The maximum atomic E-state index is 5.91. The number of oxime groups is 1. The minimum atomic E-state index is 0.299. The minimum Gasteiger partial charge on any atom is -0.480 e. The Morgan fingerprint density at radius 3 is 2.78 bits per heavy atom. The average molecular weight is 251 g/mol. The molecule has 1 rings (SSSR count). The third-order valence-electron chi connectivity index (χ3n) is 2.51. The van der Waals surface area contributed by atoms with Gasteiger partial charge in [0.1, 0.15) is 6.61 Å². The van der Waals surface area contributed by atoms with Gasteiger partial charge in [0.05, 0.1) is 12.7 Å². The van der Waals surface area contributed by atoms with Crippen LogP contribution in [0.25, 0.3) is 0 Å². The van der Waals surface area contributed by atoms with E-state index in [1.54, 1.807) is 7.11 Å². The molecule has 0 radical (unpaired) electrons. The van der Waals surface area contributed by atoms with Gasteiger partial charge in [-0.05, 0) is 31.9 Å². The lowest BCUT2D eigenvalue weighted by Crippen LogP contribution is -2.18. The number of ether oxygens (including phenoxy) is 1. The van der Waals surface area contributed by atoms with Crippen molar-refractivity contribution in [3.05, 3.63) is 22.9 Å². The van der Waals surface area contributed by atoms with Crippen LogP contribution in [0.1, 0.15) is 36.6 Å². The number of methoxy groups -OCH3 is 1. The second-order valence-corrected chi connectivity index (χ2v) is 4.13. The summed E-state index contributed by atoms with van der Waals surface area (Å²) in [5.74, 6) is 0.779. The SMILES string of the molecule is CCCCO/N=C(/N)c1c(C)cc(C)nc1OC. The van der Waals surface area contributed by atoms with Crippen LogP contribution in [0.15, 0.2) is 11.2 Å². The van der Waals surface area contributed by atoms with E-state index in [0.717, 1.165) is 24.1 Å². The topological polar surface area (TPSA) is 69.7 Å². The monoisotopic (exact) mass is 251 g/mol. The standard InChI is InChI=1S/C13H21N3O2/c1-5-6-7-18-16-12(14)11-9(2)8-10(3)15-13(11)17-4/h8H,5-7H2,1-4H3,(H2,14,16). The molecule has 2 N–H and O–H groups in total. The number of aromatic nitrogens is 1. The quantitative estimate of drug-likeness (QED) is 0.364. The molecule has 0 saturated heterocycles. The molecule has 0 aliphatic carbocycles. The Balaban J connectivity index is 2.93. The molecule has 0 unspecified atom stereocenters. The molecule has 1 aromatic heterocycles. The van der Waals surface area contributed by atoms with E-state index in [0.29, 0.717) is 23.9 Å². The zero-order valence-corrected chi connectivity index (χ0v) is 11.5. The van der Waals surface area contributed by atoms with Gasteiger partial charge in [0, 0.05) is 5.69 Å². The number of rotatable bonds is 6. The summed E-state index contributed by atoms with van der Waals surface area (Å²) >= 11 is 0. The van der Waals surface area contributed by atoms with Gasteiger partial charge in [-0.3, -0.25) is 0 Å². The molecule has 0 aliphatic rings. The first-order valence-corrected chi connectivity index (χ1v) is 6.08. The van der Waals surface area contributed by atoms with Crippen LogP contribution < -0.4 is 10.5 Å². The Kier molecular flexibility index (Phi) is 5.42. The number of unbranched alkanes of at least 4 members (excludes halogenated alkanes) is 1. The van der Waals surface area contributed by atoms with Gasteiger partial charge in [0.25, 0.3) is 0 Å². The van der Waals surface area contributed by atoms with Crippen molar-refractivity contribution in [1.82, 2.24) is 4.98 Å². The fourth-order valence-corrected chi connectivity index (χ4v) is 1.63. The van der Waals surface area contributed by atoms with Crippen molar-refractivity contribution in [3.8, 4) is 5.88 Å². The summed E-state index contributed by atoms with van der Waals surface area (Å²) in [6.07, 6.45) is 2.02. The van der Waals surface area contributed by atoms with Gasteiger partial charge in [-0.25, -0.2) is 4.98 Å². The lowest BCUT2D eigenvalue weighted by molar-refractivity contribution is 0.141.